The van der Waals surface area contributed by atoms with Gasteiger partial charge in [-0.1, -0.05) is 12.1 Å². The number of rotatable bonds is 2. The summed E-state index contributed by atoms with van der Waals surface area (Å²) in [6, 6.07) is 14.8. The molecule has 4 nitrogen and oxygen atoms in total. The molecule has 0 atom stereocenters. The van der Waals surface area contributed by atoms with Gasteiger partial charge in [0.2, 0.25) is 0 Å². The summed E-state index contributed by atoms with van der Waals surface area (Å²) < 4.78 is 40.1. The Morgan fingerprint density at radius 3 is 2.00 bits per heavy atom. The summed E-state index contributed by atoms with van der Waals surface area (Å²) in [5.74, 6) is -0.0251. The number of pyridine rings is 1. The van der Waals surface area contributed by atoms with E-state index >= 15 is 0 Å². The van der Waals surface area contributed by atoms with Crippen molar-refractivity contribution >= 4 is 10.8 Å². The van der Waals surface area contributed by atoms with Gasteiger partial charge in [0, 0.05) is 28.2 Å². The molecule has 0 aliphatic carbocycles. The van der Waals surface area contributed by atoms with Gasteiger partial charge in [-0.2, -0.15) is 13.2 Å². The van der Waals surface area contributed by atoms with E-state index in [2.05, 4.69) is 0 Å². The second-order valence-corrected chi connectivity index (χ2v) is 6.54. The van der Waals surface area contributed by atoms with Crippen molar-refractivity contribution in [3.8, 4) is 28.3 Å². The second-order valence-electron chi connectivity index (χ2n) is 6.54. The lowest BCUT2D eigenvalue weighted by Crippen LogP contribution is -2.18. The van der Waals surface area contributed by atoms with Gasteiger partial charge in [0.25, 0.3) is 5.56 Å². The molecule has 1 heterocycles. The number of halogens is 3. The average molecular weight is 397 g/mol. The van der Waals surface area contributed by atoms with E-state index in [1.165, 1.54) is 53.2 Å². The highest BCUT2D eigenvalue weighted by molar-refractivity contribution is 5.96. The molecule has 146 valence electrons. The number of aromatic nitrogens is 1. The first-order valence-corrected chi connectivity index (χ1v) is 8.59. The third-order valence-electron chi connectivity index (χ3n) is 4.65. The van der Waals surface area contributed by atoms with Gasteiger partial charge >= 0.3 is 6.18 Å². The molecule has 0 aliphatic rings. The van der Waals surface area contributed by atoms with Crippen LogP contribution in [0, 0.1) is 0 Å². The zero-order valence-corrected chi connectivity index (χ0v) is 14.8. The van der Waals surface area contributed by atoms with Gasteiger partial charge in [0.1, 0.15) is 11.5 Å². The number of aromatic hydroxyl groups is 2. The summed E-state index contributed by atoms with van der Waals surface area (Å²) in [7, 11) is 0. The maximum absolute atomic E-state index is 13.0. The molecule has 4 aromatic rings. The smallest absolute Gasteiger partial charge is 0.416 e. The van der Waals surface area contributed by atoms with E-state index in [1.54, 1.807) is 12.1 Å². The zero-order chi connectivity index (χ0) is 20.8. The second kappa shape index (κ2) is 6.70. The molecular weight excluding hydrogens is 383 g/mol. The number of alkyl halides is 3. The predicted molar refractivity (Wildman–Crippen MR) is 103 cm³/mol. The Morgan fingerprint density at radius 1 is 0.759 bits per heavy atom. The normalized spacial score (nSPS) is 11.7. The Balaban J connectivity index is 1.99. The van der Waals surface area contributed by atoms with Gasteiger partial charge in [-0.3, -0.25) is 9.36 Å². The number of fused-ring (bicyclic) bond motifs is 1. The van der Waals surface area contributed by atoms with Gasteiger partial charge in [-0.15, -0.1) is 0 Å². The molecule has 2 N–H and O–H groups in total. The first-order chi connectivity index (χ1) is 13.7. The van der Waals surface area contributed by atoms with E-state index in [1.807, 2.05) is 0 Å². The summed E-state index contributed by atoms with van der Waals surface area (Å²) in [6.45, 7) is 0. The van der Waals surface area contributed by atoms with E-state index in [9.17, 15) is 28.2 Å². The molecule has 0 spiro atoms. The summed E-state index contributed by atoms with van der Waals surface area (Å²) in [5, 5.41) is 20.1. The lowest BCUT2D eigenvalue weighted by molar-refractivity contribution is -0.137. The molecule has 29 heavy (non-hydrogen) atoms. The minimum absolute atomic E-state index is 0.0375. The van der Waals surface area contributed by atoms with Crippen LogP contribution >= 0.6 is 0 Å². The first-order valence-electron chi connectivity index (χ1n) is 8.59. The topological polar surface area (TPSA) is 62.5 Å². The van der Waals surface area contributed by atoms with Crippen LogP contribution in [0.15, 0.2) is 77.7 Å². The van der Waals surface area contributed by atoms with Crippen molar-refractivity contribution in [1.82, 2.24) is 4.57 Å². The lowest BCUT2D eigenvalue weighted by Gasteiger charge is -2.14. The molecule has 0 bridgehead atoms. The number of phenolic OH excluding ortho intramolecular Hbond substituents is 2. The maximum atomic E-state index is 13.0. The maximum Gasteiger partial charge on any atom is 0.416 e. The van der Waals surface area contributed by atoms with Crippen LogP contribution in [0.3, 0.4) is 0 Å². The Kier molecular flexibility index (Phi) is 4.30. The van der Waals surface area contributed by atoms with Crippen LogP contribution in [0.1, 0.15) is 5.56 Å². The Hall–Kier alpha value is -3.74. The minimum Gasteiger partial charge on any atom is -0.508 e. The van der Waals surface area contributed by atoms with Crippen LogP contribution in [0.5, 0.6) is 11.5 Å². The quantitative estimate of drug-likeness (QED) is 0.495. The van der Waals surface area contributed by atoms with Crippen LogP contribution in [-0.2, 0) is 6.18 Å². The van der Waals surface area contributed by atoms with Crippen LogP contribution in [0.2, 0.25) is 0 Å². The van der Waals surface area contributed by atoms with Crippen molar-refractivity contribution in [2.45, 2.75) is 6.18 Å². The van der Waals surface area contributed by atoms with Gasteiger partial charge in [-0.05, 0) is 60.2 Å². The number of hydrogen-bond acceptors (Lipinski definition) is 3. The Morgan fingerprint density at radius 2 is 1.38 bits per heavy atom. The molecule has 4 rings (SSSR count). The fourth-order valence-electron chi connectivity index (χ4n) is 3.20. The standard InChI is InChI=1S/C22H14F3NO3/c23-22(24,25)14-3-1-13(2-4-14)20-12-26(15-5-7-16(27)8-6-15)21(29)18-10-9-17(28)11-19(18)20/h1-12,27-28H. The summed E-state index contributed by atoms with van der Waals surface area (Å²) in [4.78, 5) is 13.0. The minimum atomic E-state index is -4.45. The summed E-state index contributed by atoms with van der Waals surface area (Å²) >= 11 is 0. The summed E-state index contributed by atoms with van der Waals surface area (Å²) in [6.07, 6.45) is -2.94. The van der Waals surface area contributed by atoms with Crippen molar-refractivity contribution in [3.05, 3.63) is 88.8 Å². The van der Waals surface area contributed by atoms with E-state index in [0.717, 1.165) is 12.1 Å². The van der Waals surface area contributed by atoms with Crippen LogP contribution < -0.4 is 5.56 Å². The third kappa shape index (κ3) is 3.42. The predicted octanol–water partition coefficient (Wildman–Crippen LogP) is 5.09. The highest BCUT2D eigenvalue weighted by atomic mass is 19.4. The van der Waals surface area contributed by atoms with Crippen LogP contribution in [0.4, 0.5) is 13.2 Å². The van der Waals surface area contributed by atoms with Gasteiger partial charge in [0.05, 0.1) is 5.56 Å². The van der Waals surface area contributed by atoms with Crippen molar-refractivity contribution < 1.29 is 23.4 Å². The van der Waals surface area contributed by atoms with E-state index in [4.69, 9.17) is 0 Å². The van der Waals surface area contributed by atoms with E-state index in [-0.39, 0.29) is 17.1 Å². The molecule has 3 aromatic carbocycles. The SMILES string of the molecule is O=c1c2ccc(O)cc2c(-c2ccc(C(F)(F)F)cc2)cn1-c1ccc(O)cc1. The highest BCUT2D eigenvalue weighted by Gasteiger charge is 2.30. The summed E-state index contributed by atoms with van der Waals surface area (Å²) in [5.41, 5.74) is 0.288. The van der Waals surface area contributed by atoms with Crippen molar-refractivity contribution in [3.63, 3.8) is 0 Å². The molecule has 0 unspecified atom stereocenters. The first kappa shape index (κ1) is 18.6. The average Bonchev–Trinajstić information content (AvgIpc) is 2.68. The van der Waals surface area contributed by atoms with Gasteiger partial charge in [-0.25, -0.2) is 0 Å². The Bertz CT molecular complexity index is 1260. The molecule has 0 fully saturated rings. The Labute approximate surface area is 162 Å². The van der Waals surface area contributed by atoms with Crippen LogP contribution in [0.25, 0.3) is 27.6 Å². The fourth-order valence-corrected chi connectivity index (χ4v) is 3.20. The molecule has 0 radical (unpaired) electrons. The molecule has 1 aromatic heterocycles. The highest BCUT2D eigenvalue weighted by Crippen LogP contribution is 2.34. The lowest BCUT2D eigenvalue weighted by atomic mass is 9.99. The number of phenols is 2. The van der Waals surface area contributed by atoms with E-state index < -0.39 is 11.7 Å². The number of hydrogen-bond donors (Lipinski definition) is 2. The van der Waals surface area contributed by atoms with Crippen molar-refractivity contribution in [1.29, 1.82) is 0 Å². The zero-order valence-electron chi connectivity index (χ0n) is 14.8. The fraction of sp³-hybridized carbons (Fsp3) is 0.0455. The molecule has 7 heteroatoms. The van der Waals surface area contributed by atoms with Crippen molar-refractivity contribution in [2.24, 2.45) is 0 Å². The molecule has 0 aliphatic heterocycles. The molecular formula is C22H14F3NO3. The van der Waals surface area contributed by atoms with Gasteiger partial charge < -0.3 is 10.2 Å². The monoisotopic (exact) mass is 397 g/mol. The van der Waals surface area contributed by atoms with Gasteiger partial charge in [0.15, 0.2) is 0 Å². The van der Waals surface area contributed by atoms with Crippen molar-refractivity contribution in [2.75, 3.05) is 0 Å². The molecule has 0 amide bonds. The molecule has 0 saturated heterocycles. The number of benzene rings is 3. The largest absolute Gasteiger partial charge is 0.508 e. The third-order valence-corrected chi connectivity index (χ3v) is 4.65. The molecule has 0 saturated carbocycles. The van der Waals surface area contributed by atoms with E-state index in [0.29, 0.717) is 27.6 Å². The number of nitrogens with zero attached hydrogens (tertiary/aromatic N) is 1. The van der Waals surface area contributed by atoms with Crippen LogP contribution in [-0.4, -0.2) is 14.8 Å².